The van der Waals surface area contributed by atoms with E-state index >= 15 is 0 Å². The summed E-state index contributed by atoms with van der Waals surface area (Å²) in [7, 11) is -4.17. The summed E-state index contributed by atoms with van der Waals surface area (Å²) < 4.78 is 28.8. The van der Waals surface area contributed by atoms with Crippen molar-refractivity contribution in [2.75, 3.05) is 17.4 Å². The number of carbonyl (C=O) groups excluding carboxylic acids is 2. The lowest BCUT2D eigenvalue weighted by molar-refractivity contribution is -0.139. The highest BCUT2D eigenvalue weighted by Crippen LogP contribution is 2.29. The second-order valence-electron chi connectivity index (χ2n) is 10.2. The molecule has 1 N–H and O–H groups in total. The molecule has 0 aliphatic rings. The number of aryl methyl sites for hydroxylation is 2. The third-order valence-electron chi connectivity index (χ3n) is 6.43. The van der Waals surface area contributed by atoms with Crippen molar-refractivity contribution >= 4 is 50.7 Å². The first-order valence-corrected chi connectivity index (χ1v) is 15.2. The van der Waals surface area contributed by atoms with Crippen molar-refractivity contribution in [2.24, 2.45) is 5.92 Å². The first kappa shape index (κ1) is 31.5. The molecule has 3 rings (SSSR count). The van der Waals surface area contributed by atoms with Gasteiger partial charge >= 0.3 is 0 Å². The zero-order valence-corrected chi connectivity index (χ0v) is 25.6. The fraction of sp³-hybridized carbons (Fsp3) is 0.333. The van der Waals surface area contributed by atoms with Gasteiger partial charge in [0.05, 0.1) is 10.6 Å². The maximum atomic E-state index is 14.0. The molecule has 3 aromatic rings. The van der Waals surface area contributed by atoms with Gasteiger partial charge in [-0.15, -0.1) is 0 Å². The van der Waals surface area contributed by atoms with Crippen molar-refractivity contribution in [1.82, 2.24) is 10.2 Å². The molecular weight excluding hydrogens is 569 g/mol. The maximum absolute atomic E-state index is 14.0. The summed E-state index contributed by atoms with van der Waals surface area (Å²) in [5.41, 5.74) is 2.61. The van der Waals surface area contributed by atoms with Gasteiger partial charge in [-0.25, -0.2) is 8.42 Å². The Labute approximate surface area is 247 Å². The van der Waals surface area contributed by atoms with Gasteiger partial charge in [0.15, 0.2) is 0 Å². The minimum absolute atomic E-state index is 0.0340. The summed E-state index contributed by atoms with van der Waals surface area (Å²) in [6.07, 6.45) is 0. The molecule has 2 amide bonds. The van der Waals surface area contributed by atoms with Gasteiger partial charge in [0.2, 0.25) is 11.8 Å². The van der Waals surface area contributed by atoms with Crippen molar-refractivity contribution in [3.8, 4) is 0 Å². The molecule has 1 atom stereocenters. The predicted molar refractivity (Wildman–Crippen MR) is 161 cm³/mol. The third-order valence-corrected chi connectivity index (χ3v) is 8.86. The molecule has 0 heterocycles. The van der Waals surface area contributed by atoms with Gasteiger partial charge in [-0.05, 0) is 74.2 Å². The van der Waals surface area contributed by atoms with Crippen LogP contribution in [0, 0.1) is 19.8 Å². The van der Waals surface area contributed by atoms with E-state index in [0.717, 1.165) is 15.4 Å². The lowest BCUT2D eigenvalue weighted by Crippen LogP contribution is -2.51. The number of sulfonamides is 1. The summed E-state index contributed by atoms with van der Waals surface area (Å²) >= 11 is 12.5. The number of halogens is 2. The molecule has 0 saturated carbocycles. The molecule has 10 heteroatoms. The Hall–Kier alpha value is -3.07. The molecule has 40 heavy (non-hydrogen) atoms. The topological polar surface area (TPSA) is 86.8 Å². The normalized spacial score (nSPS) is 12.2. The van der Waals surface area contributed by atoms with Crippen LogP contribution in [-0.2, 0) is 26.2 Å². The highest BCUT2D eigenvalue weighted by molar-refractivity contribution is 7.92. The van der Waals surface area contributed by atoms with Gasteiger partial charge in [-0.1, -0.05) is 72.9 Å². The Morgan fingerprint density at radius 3 is 2.20 bits per heavy atom. The Kier molecular flexibility index (Phi) is 10.6. The van der Waals surface area contributed by atoms with E-state index in [0.29, 0.717) is 22.2 Å². The van der Waals surface area contributed by atoms with E-state index in [1.165, 1.54) is 23.1 Å². The van der Waals surface area contributed by atoms with Gasteiger partial charge in [0.1, 0.15) is 12.6 Å². The maximum Gasteiger partial charge on any atom is 0.264 e. The van der Waals surface area contributed by atoms with Crippen molar-refractivity contribution in [1.29, 1.82) is 0 Å². The van der Waals surface area contributed by atoms with E-state index in [9.17, 15) is 18.0 Å². The van der Waals surface area contributed by atoms with Crippen LogP contribution in [0.2, 0.25) is 10.0 Å². The summed E-state index contributed by atoms with van der Waals surface area (Å²) in [5, 5.41) is 3.72. The SMILES string of the molecule is Cc1ccc(S(=O)(=O)N(CC(=O)N(Cc2cccc(Cl)c2)C(C)C(=O)NCC(C)C)c2ccc(C)c(Cl)c2)cc1. The van der Waals surface area contributed by atoms with E-state index in [2.05, 4.69) is 5.32 Å². The molecule has 0 aromatic heterocycles. The Morgan fingerprint density at radius 1 is 0.925 bits per heavy atom. The van der Waals surface area contributed by atoms with Gasteiger partial charge in [-0.2, -0.15) is 0 Å². The first-order valence-electron chi connectivity index (χ1n) is 13.0. The van der Waals surface area contributed by atoms with Crippen LogP contribution >= 0.6 is 23.2 Å². The molecular formula is C30H35Cl2N3O4S. The zero-order valence-electron chi connectivity index (χ0n) is 23.3. The van der Waals surface area contributed by atoms with Crippen molar-refractivity contribution < 1.29 is 18.0 Å². The van der Waals surface area contributed by atoms with Crippen molar-refractivity contribution in [3.63, 3.8) is 0 Å². The number of amides is 2. The van der Waals surface area contributed by atoms with Gasteiger partial charge in [0, 0.05) is 23.1 Å². The van der Waals surface area contributed by atoms with Crippen LogP contribution in [0.4, 0.5) is 5.69 Å². The fourth-order valence-electron chi connectivity index (χ4n) is 3.97. The summed E-state index contributed by atoms with van der Waals surface area (Å²) in [6.45, 7) is 9.19. The number of rotatable bonds is 11. The lowest BCUT2D eigenvalue weighted by atomic mass is 10.1. The molecule has 3 aromatic carbocycles. The minimum Gasteiger partial charge on any atom is -0.354 e. The van der Waals surface area contributed by atoms with Gasteiger partial charge < -0.3 is 10.2 Å². The molecule has 0 spiro atoms. The second kappa shape index (κ2) is 13.5. The Bertz CT molecular complexity index is 1460. The minimum atomic E-state index is -4.17. The van der Waals surface area contributed by atoms with Gasteiger partial charge in [0.25, 0.3) is 10.0 Å². The second-order valence-corrected chi connectivity index (χ2v) is 12.9. The fourth-order valence-corrected chi connectivity index (χ4v) is 5.76. The van der Waals surface area contributed by atoms with Crippen LogP contribution in [-0.4, -0.2) is 44.3 Å². The Morgan fingerprint density at radius 2 is 1.60 bits per heavy atom. The lowest BCUT2D eigenvalue weighted by Gasteiger charge is -2.32. The van der Waals surface area contributed by atoms with E-state index < -0.39 is 28.5 Å². The van der Waals surface area contributed by atoms with Crippen LogP contribution in [0.3, 0.4) is 0 Å². The van der Waals surface area contributed by atoms with Crippen molar-refractivity contribution in [3.05, 3.63) is 93.5 Å². The smallest absolute Gasteiger partial charge is 0.264 e. The Balaban J connectivity index is 2.04. The monoisotopic (exact) mass is 603 g/mol. The number of benzene rings is 3. The predicted octanol–water partition coefficient (Wildman–Crippen LogP) is 6.00. The molecule has 7 nitrogen and oxygen atoms in total. The third kappa shape index (κ3) is 7.99. The van der Waals surface area contributed by atoms with E-state index in [4.69, 9.17) is 23.2 Å². The zero-order chi connectivity index (χ0) is 29.6. The highest BCUT2D eigenvalue weighted by atomic mass is 35.5. The molecule has 0 saturated heterocycles. The summed E-state index contributed by atoms with van der Waals surface area (Å²) in [4.78, 5) is 28.4. The number of hydrogen-bond donors (Lipinski definition) is 1. The summed E-state index contributed by atoms with van der Waals surface area (Å²) in [5.74, 6) is -0.676. The number of nitrogens with one attached hydrogen (secondary N) is 1. The number of anilines is 1. The van der Waals surface area contributed by atoms with Crippen LogP contribution in [0.25, 0.3) is 0 Å². The van der Waals surface area contributed by atoms with E-state index in [1.807, 2.05) is 20.8 Å². The first-order chi connectivity index (χ1) is 18.8. The summed E-state index contributed by atoms with van der Waals surface area (Å²) in [6, 6.07) is 17.3. The van der Waals surface area contributed by atoms with Gasteiger partial charge in [-0.3, -0.25) is 13.9 Å². The standard InChI is InChI=1S/C30H35Cl2N3O4S/c1-20(2)17-33-30(37)23(5)34(18-24-7-6-8-25(31)15-24)29(36)19-35(26-12-11-22(4)28(32)16-26)40(38,39)27-13-9-21(3)10-14-27/h6-16,20,23H,17-19H2,1-5H3,(H,33,37). The molecule has 0 aliphatic heterocycles. The molecule has 214 valence electrons. The molecule has 1 unspecified atom stereocenters. The average molecular weight is 605 g/mol. The number of nitrogens with zero attached hydrogens (tertiary/aromatic N) is 2. The van der Waals surface area contributed by atoms with Crippen LogP contribution in [0.5, 0.6) is 0 Å². The van der Waals surface area contributed by atoms with E-state index in [1.54, 1.807) is 62.4 Å². The molecule has 0 bridgehead atoms. The quantitative estimate of drug-likeness (QED) is 0.291. The highest BCUT2D eigenvalue weighted by Gasteiger charge is 2.32. The van der Waals surface area contributed by atoms with Crippen LogP contribution < -0.4 is 9.62 Å². The number of hydrogen-bond acceptors (Lipinski definition) is 4. The van der Waals surface area contributed by atoms with Crippen LogP contribution in [0.1, 0.15) is 37.5 Å². The van der Waals surface area contributed by atoms with E-state index in [-0.39, 0.29) is 29.0 Å². The molecule has 0 aliphatic carbocycles. The van der Waals surface area contributed by atoms with Crippen molar-refractivity contribution in [2.45, 2.75) is 52.1 Å². The number of carbonyl (C=O) groups is 2. The molecule has 0 fully saturated rings. The average Bonchev–Trinajstić information content (AvgIpc) is 2.90. The molecule has 0 radical (unpaired) electrons. The van der Waals surface area contributed by atoms with Crippen LogP contribution in [0.15, 0.2) is 71.6 Å². The largest absolute Gasteiger partial charge is 0.354 e.